The average Bonchev–Trinajstić information content (AvgIpc) is 2.17. The number of aliphatic carboxylic acids is 1. The van der Waals surface area contributed by atoms with Crippen LogP contribution in [-0.2, 0) is 4.79 Å². The molecular weight excluding hydrogens is 216 g/mol. The molecule has 0 aliphatic heterocycles. The Bertz CT molecular complexity index is 325. The lowest BCUT2D eigenvalue weighted by Crippen LogP contribution is -2.02. The molecule has 0 unspecified atom stereocenters. The lowest BCUT2D eigenvalue weighted by molar-refractivity contribution is -0.137. The van der Waals surface area contributed by atoms with Crippen LogP contribution in [0.3, 0.4) is 0 Å². The summed E-state index contributed by atoms with van der Waals surface area (Å²) in [6.07, 6.45) is 0.146. The van der Waals surface area contributed by atoms with Crippen LogP contribution < -0.4 is 4.74 Å². The van der Waals surface area contributed by atoms with Gasteiger partial charge in [0.15, 0.2) is 0 Å². The Labute approximate surface area is 95.5 Å². The van der Waals surface area contributed by atoms with E-state index in [1.165, 1.54) is 0 Å². The summed E-state index contributed by atoms with van der Waals surface area (Å²) in [5.74, 6) is 0.00246. The van der Waals surface area contributed by atoms with Crippen molar-refractivity contribution in [3.05, 3.63) is 29.8 Å². The van der Waals surface area contributed by atoms with E-state index in [1.54, 1.807) is 7.11 Å². The van der Waals surface area contributed by atoms with Gasteiger partial charge in [-0.15, -0.1) is 12.4 Å². The number of hydrogen-bond acceptors (Lipinski definition) is 2. The quantitative estimate of drug-likeness (QED) is 0.865. The van der Waals surface area contributed by atoms with Crippen molar-refractivity contribution in [2.24, 2.45) is 0 Å². The average molecular weight is 231 g/mol. The van der Waals surface area contributed by atoms with E-state index in [4.69, 9.17) is 9.84 Å². The van der Waals surface area contributed by atoms with Crippen molar-refractivity contribution >= 4 is 18.4 Å². The molecule has 3 nitrogen and oxygen atoms in total. The first-order chi connectivity index (χ1) is 6.63. The highest BCUT2D eigenvalue weighted by molar-refractivity contribution is 5.85. The summed E-state index contributed by atoms with van der Waals surface area (Å²) in [5, 5.41) is 8.64. The third-order valence-electron chi connectivity index (χ3n) is 2.14. The van der Waals surface area contributed by atoms with Crippen LogP contribution in [0.2, 0.25) is 0 Å². The predicted octanol–water partition coefficient (Wildman–Crippen LogP) is 2.70. The van der Waals surface area contributed by atoms with E-state index in [-0.39, 0.29) is 24.7 Å². The van der Waals surface area contributed by atoms with E-state index in [9.17, 15) is 4.79 Å². The first-order valence-electron chi connectivity index (χ1n) is 4.49. The van der Waals surface area contributed by atoms with Crippen molar-refractivity contribution in [2.45, 2.75) is 19.3 Å². The molecule has 0 saturated carbocycles. The second kappa shape index (κ2) is 6.30. The lowest BCUT2D eigenvalue weighted by atomic mass is 9.98. The van der Waals surface area contributed by atoms with Gasteiger partial charge in [0.2, 0.25) is 0 Å². The third-order valence-corrected chi connectivity index (χ3v) is 2.14. The molecular formula is C11H15ClO3. The zero-order valence-corrected chi connectivity index (χ0v) is 9.58. The van der Waals surface area contributed by atoms with Gasteiger partial charge in [-0.05, 0) is 23.6 Å². The fraction of sp³-hybridized carbons (Fsp3) is 0.364. The second-order valence-electron chi connectivity index (χ2n) is 3.28. The minimum Gasteiger partial charge on any atom is -0.497 e. The Hall–Kier alpha value is -1.22. The molecule has 0 bridgehead atoms. The molecule has 15 heavy (non-hydrogen) atoms. The molecule has 1 N–H and O–H groups in total. The SMILES string of the molecule is COc1cccc([C@H](C)CC(=O)O)c1.Cl. The number of carboxylic acid groups (broad SMARTS) is 1. The number of methoxy groups -OCH3 is 1. The highest BCUT2D eigenvalue weighted by Crippen LogP contribution is 2.22. The van der Waals surface area contributed by atoms with Crippen LogP contribution in [0.4, 0.5) is 0 Å². The van der Waals surface area contributed by atoms with Crippen LogP contribution in [0.15, 0.2) is 24.3 Å². The Morgan fingerprint density at radius 1 is 1.53 bits per heavy atom. The van der Waals surface area contributed by atoms with E-state index in [0.29, 0.717) is 0 Å². The smallest absolute Gasteiger partial charge is 0.303 e. The Kier molecular flexibility index (Phi) is 5.79. The van der Waals surface area contributed by atoms with Gasteiger partial charge in [-0.25, -0.2) is 0 Å². The molecule has 0 heterocycles. The van der Waals surface area contributed by atoms with Gasteiger partial charge >= 0.3 is 5.97 Å². The van der Waals surface area contributed by atoms with Crippen LogP contribution in [0.5, 0.6) is 5.75 Å². The van der Waals surface area contributed by atoms with E-state index < -0.39 is 5.97 Å². The number of halogens is 1. The highest BCUT2D eigenvalue weighted by Gasteiger charge is 2.10. The largest absolute Gasteiger partial charge is 0.497 e. The van der Waals surface area contributed by atoms with E-state index in [1.807, 2.05) is 31.2 Å². The normalized spacial score (nSPS) is 11.3. The minimum absolute atomic E-state index is 0. The fourth-order valence-electron chi connectivity index (χ4n) is 1.33. The van der Waals surface area contributed by atoms with Crippen molar-refractivity contribution in [3.8, 4) is 5.75 Å². The first-order valence-corrected chi connectivity index (χ1v) is 4.49. The summed E-state index contributed by atoms with van der Waals surface area (Å²) in [5.41, 5.74) is 0.992. The van der Waals surface area contributed by atoms with Gasteiger partial charge in [-0.1, -0.05) is 19.1 Å². The van der Waals surface area contributed by atoms with Crippen LogP contribution in [0.25, 0.3) is 0 Å². The summed E-state index contributed by atoms with van der Waals surface area (Å²) >= 11 is 0. The number of ether oxygens (including phenoxy) is 1. The second-order valence-corrected chi connectivity index (χ2v) is 3.28. The maximum atomic E-state index is 10.5. The molecule has 1 rings (SSSR count). The van der Waals surface area contributed by atoms with Gasteiger partial charge in [-0.3, -0.25) is 4.79 Å². The van der Waals surface area contributed by atoms with E-state index in [2.05, 4.69) is 0 Å². The Balaban J connectivity index is 0.00000196. The molecule has 0 saturated heterocycles. The monoisotopic (exact) mass is 230 g/mol. The highest BCUT2D eigenvalue weighted by atomic mass is 35.5. The number of carboxylic acids is 1. The Morgan fingerprint density at radius 2 is 2.20 bits per heavy atom. The number of hydrogen-bond donors (Lipinski definition) is 1. The van der Waals surface area contributed by atoms with Crippen molar-refractivity contribution in [1.82, 2.24) is 0 Å². The zero-order chi connectivity index (χ0) is 10.6. The van der Waals surface area contributed by atoms with Gasteiger partial charge < -0.3 is 9.84 Å². The molecule has 0 spiro atoms. The summed E-state index contributed by atoms with van der Waals surface area (Å²) in [6.45, 7) is 1.89. The first kappa shape index (κ1) is 13.8. The Morgan fingerprint density at radius 3 is 2.73 bits per heavy atom. The fourth-order valence-corrected chi connectivity index (χ4v) is 1.33. The van der Waals surface area contributed by atoms with Gasteiger partial charge in [-0.2, -0.15) is 0 Å². The molecule has 0 aliphatic rings. The third kappa shape index (κ3) is 4.21. The molecule has 0 radical (unpaired) electrons. The summed E-state index contributed by atoms with van der Waals surface area (Å²) in [4.78, 5) is 10.5. The van der Waals surface area contributed by atoms with Crippen LogP contribution in [0.1, 0.15) is 24.8 Å². The predicted molar refractivity (Wildman–Crippen MR) is 60.9 cm³/mol. The minimum atomic E-state index is -0.777. The van der Waals surface area contributed by atoms with Crippen LogP contribution >= 0.6 is 12.4 Å². The molecule has 1 atom stereocenters. The lowest BCUT2D eigenvalue weighted by Gasteiger charge is -2.10. The van der Waals surface area contributed by atoms with Crippen molar-refractivity contribution in [2.75, 3.05) is 7.11 Å². The van der Waals surface area contributed by atoms with Crippen molar-refractivity contribution in [3.63, 3.8) is 0 Å². The summed E-state index contributed by atoms with van der Waals surface area (Å²) < 4.78 is 5.06. The van der Waals surface area contributed by atoms with E-state index >= 15 is 0 Å². The number of benzene rings is 1. The number of carbonyl (C=O) groups is 1. The molecule has 1 aromatic carbocycles. The molecule has 0 amide bonds. The topological polar surface area (TPSA) is 46.5 Å². The molecule has 84 valence electrons. The maximum absolute atomic E-state index is 10.5. The summed E-state index contributed by atoms with van der Waals surface area (Å²) in [7, 11) is 1.60. The van der Waals surface area contributed by atoms with Crippen LogP contribution in [-0.4, -0.2) is 18.2 Å². The molecule has 1 aromatic rings. The summed E-state index contributed by atoms with van der Waals surface area (Å²) in [6, 6.07) is 7.49. The van der Waals surface area contributed by atoms with Gasteiger partial charge in [0.1, 0.15) is 5.75 Å². The standard InChI is InChI=1S/C11H14O3.ClH/c1-8(6-11(12)13)9-4-3-5-10(7-9)14-2;/h3-5,7-8H,6H2,1-2H3,(H,12,13);1H/t8-;/m1./s1. The molecule has 0 fully saturated rings. The van der Waals surface area contributed by atoms with Gasteiger partial charge in [0, 0.05) is 0 Å². The molecule has 0 aliphatic carbocycles. The molecule has 0 aromatic heterocycles. The van der Waals surface area contributed by atoms with Crippen LogP contribution in [0, 0.1) is 0 Å². The maximum Gasteiger partial charge on any atom is 0.303 e. The van der Waals surface area contributed by atoms with E-state index in [0.717, 1.165) is 11.3 Å². The van der Waals surface area contributed by atoms with Gasteiger partial charge in [0.05, 0.1) is 13.5 Å². The zero-order valence-electron chi connectivity index (χ0n) is 8.77. The van der Waals surface area contributed by atoms with Crippen molar-refractivity contribution in [1.29, 1.82) is 0 Å². The number of rotatable bonds is 4. The molecule has 4 heteroatoms. The van der Waals surface area contributed by atoms with Gasteiger partial charge in [0.25, 0.3) is 0 Å². The van der Waals surface area contributed by atoms with Crippen molar-refractivity contribution < 1.29 is 14.6 Å².